The van der Waals surface area contributed by atoms with Gasteiger partial charge in [-0.2, -0.15) is 0 Å². The number of rotatable bonds is 41. The van der Waals surface area contributed by atoms with Gasteiger partial charge in [0.2, 0.25) is 0 Å². The summed E-state index contributed by atoms with van der Waals surface area (Å²) in [5, 5.41) is 72.1. The summed E-state index contributed by atoms with van der Waals surface area (Å²) in [6, 6.07) is 0. The Morgan fingerprint density at radius 3 is 1.46 bits per heavy atom. The Bertz CT molecular complexity index is 1340. The molecule has 2 fully saturated rings. The molecular formula is C53H94O15. The van der Waals surface area contributed by atoms with Crippen molar-refractivity contribution in [3.05, 3.63) is 30.0 Å². The van der Waals surface area contributed by atoms with Crippen LogP contribution in [0.2, 0.25) is 0 Å². The van der Waals surface area contributed by atoms with E-state index in [-0.39, 0.29) is 26.1 Å². The van der Waals surface area contributed by atoms with E-state index in [9.17, 15) is 45.3 Å². The van der Waals surface area contributed by atoms with E-state index >= 15 is 0 Å². The van der Waals surface area contributed by atoms with E-state index in [1.807, 2.05) is 0 Å². The number of carbonyl (C=O) groups excluding carboxylic acids is 2. The van der Waals surface area contributed by atoms with E-state index in [1.165, 1.54) is 96.3 Å². The lowest BCUT2D eigenvalue weighted by atomic mass is 9.98. The van der Waals surface area contributed by atoms with Gasteiger partial charge in [0.1, 0.15) is 55.4 Å². The number of aliphatic hydroxyl groups excluding tert-OH is 7. The van der Waals surface area contributed by atoms with E-state index in [0.717, 1.165) is 64.2 Å². The van der Waals surface area contributed by atoms with Crippen molar-refractivity contribution in [3.8, 4) is 0 Å². The highest BCUT2D eigenvalue weighted by Gasteiger charge is 2.47. The Morgan fingerprint density at radius 1 is 0.500 bits per heavy atom. The number of aliphatic hydroxyl groups is 7. The molecule has 0 aromatic heterocycles. The smallest absolute Gasteiger partial charge is 0.306 e. The second-order valence-corrected chi connectivity index (χ2v) is 18.8. The number of allylic oxidation sites excluding steroid dienone is 3. The highest BCUT2D eigenvalue weighted by atomic mass is 16.7. The normalized spacial score (nSPS) is 25.5. The fraction of sp³-hybridized carbons (Fsp3) is 0.868. The number of unbranched alkanes of at least 4 members (excludes halogenated alkanes) is 23. The van der Waals surface area contributed by atoms with Crippen LogP contribution in [0.15, 0.2) is 30.0 Å². The maximum atomic E-state index is 13.0. The third-order valence-electron chi connectivity index (χ3n) is 12.7. The minimum atomic E-state index is -1.77. The van der Waals surface area contributed by atoms with Crippen LogP contribution in [0.5, 0.6) is 0 Å². The molecule has 396 valence electrons. The minimum Gasteiger partial charge on any atom is -0.462 e. The molecule has 0 amide bonds. The molecule has 0 bridgehead atoms. The predicted molar refractivity (Wildman–Crippen MR) is 260 cm³/mol. The molecule has 7 N–H and O–H groups in total. The molecule has 2 rings (SSSR count). The standard InChI is InChI=1S/C53H94O15/c1-3-5-7-9-11-13-15-17-19-20-22-24-26-28-30-32-34-36-45(56)66-41(38-63-44(55)35-33-31-29-27-25-23-21-18-16-14-12-10-8-6-4-2)39-64-52-51(62)49(60)47(58)43(68-52)40-65-53-50(61)48(59)46(57)42(37-54)67-53/h13,15-16,21,41-43,46-54,57-62H,3-12,14,17,19-20,22-40H2,1-2H3/b15-13+/t18?,41-,42+,43+,46-,47-,48?,49?,50?,51?,52+,53+/m1/s1. The Morgan fingerprint density at radius 2 is 0.926 bits per heavy atom. The van der Waals surface area contributed by atoms with Crippen LogP contribution in [0.4, 0.5) is 0 Å². The van der Waals surface area contributed by atoms with E-state index < -0.39 is 92.7 Å². The van der Waals surface area contributed by atoms with Gasteiger partial charge in [0.25, 0.3) is 0 Å². The molecule has 15 nitrogen and oxygen atoms in total. The third-order valence-corrected chi connectivity index (χ3v) is 12.7. The highest BCUT2D eigenvalue weighted by molar-refractivity contribution is 5.70. The van der Waals surface area contributed by atoms with Gasteiger partial charge < -0.3 is 64.2 Å². The van der Waals surface area contributed by atoms with Gasteiger partial charge in [-0.05, 0) is 76.4 Å². The second kappa shape index (κ2) is 40.4. The molecule has 2 aliphatic heterocycles. The van der Waals surface area contributed by atoms with Crippen molar-refractivity contribution in [2.24, 2.45) is 0 Å². The Kier molecular flexibility index (Phi) is 36.7. The Labute approximate surface area is 408 Å². The Hall–Kier alpha value is -2.24. The van der Waals surface area contributed by atoms with Gasteiger partial charge in [-0.15, -0.1) is 5.73 Å². The maximum Gasteiger partial charge on any atom is 0.306 e. The van der Waals surface area contributed by atoms with Crippen LogP contribution in [0.3, 0.4) is 0 Å². The molecule has 4 unspecified atom stereocenters. The van der Waals surface area contributed by atoms with E-state index in [1.54, 1.807) is 0 Å². The van der Waals surface area contributed by atoms with Crippen molar-refractivity contribution in [3.63, 3.8) is 0 Å². The van der Waals surface area contributed by atoms with Crippen LogP contribution in [-0.4, -0.2) is 142 Å². The second-order valence-electron chi connectivity index (χ2n) is 18.8. The monoisotopic (exact) mass is 971 g/mol. The molecule has 0 aromatic carbocycles. The van der Waals surface area contributed by atoms with Crippen molar-refractivity contribution in [2.75, 3.05) is 26.4 Å². The summed E-state index contributed by atoms with van der Waals surface area (Å²) in [4.78, 5) is 25.8. The predicted octanol–water partition coefficient (Wildman–Crippen LogP) is 7.70. The summed E-state index contributed by atoms with van der Waals surface area (Å²) in [5.74, 6) is -0.944. The molecule has 0 aromatic rings. The number of ether oxygens (including phenoxy) is 6. The molecule has 11 atom stereocenters. The summed E-state index contributed by atoms with van der Waals surface area (Å²) in [5.41, 5.74) is 3.29. The van der Waals surface area contributed by atoms with Crippen molar-refractivity contribution in [2.45, 2.75) is 268 Å². The average Bonchev–Trinajstić information content (AvgIpc) is 3.33. The van der Waals surface area contributed by atoms with Gasteiger partial charge in [-0.1, -0.05) is 135 Å². The fourth-order valence-electron chi connectivity index (χ4n) is 8.25. The molecule has 0 aliphatic carbocycles. The van der Waals surface area contributed by atoms with Crippen LogP contribution in [0, 0.1) is 0 Å². The molecule has 0 saturated carbocycles. The van der Waals surface area contributed by atoms with Gasteiger partial charge in [-0.3, -0.25) is 9.59 Å². The van der Waals surface area contributed by atoms with Crippen LogP contribution >= 0.6 is 0 Å². The van der Waals surface area contributed by atoms with E-state index in [2.05, 4.69) is 43.9 Å². The molecule has 68 heavy (non-hydrogen) atoms. The minimum absolute atomic E-state index is 0.159. The maximum absolute atomic E-state index is 13.0. The van der Waals surface area contributed by atoms with E-state index in [4.69, 9.17) is 28.4 Å². The van der Waals surface area contributed by atoms with Crippen LogP contribution in [0.1, 0.15) is 200 Å². The lowest BCUT2D eigenvalue weighted by molar-refractivity contribution is -0.332. The van der Waals surface area contributed by atoms with Crippen LogP contribution in [-0.2, 0) is 38.0 Å². The first-order valence-electron chi connectivity index (χ1n) is 26.7. The average molecular weight is 971 g/mol. The largest absolute Gasteiger partial charge is 0.462 e. The molecule has 2 aliphatic rings. The molecule has 0 spiro atoms. The van der Waals surface area contributed by atoms with Gasteiger partial charge in [0.15, 0.2) is 18.7 Å². The first kappa shape index (κ1) is 61.9. The molecule has 0 radical (unpaired) electrons. The van der Waals surface area contributed by atoms with Crippen LogP contribution < -0.4 is 0 Å². The molecular weight excluding hydrogens is 877 g/mol. The zero-order valence-corrected chi connectivity index (χ0v) is 41.9. The summed E-state index contributed by atoms with van der Waals surface area (Å²) < 4.78 is 33.6. The quantitative estimate of drug-likeness (QED) is 0.0135. The van der Waals surface area contributed by atoms with E-state index in [0.29, 0.717) is 12.8 Å². The first-order valence-corrected chi connectivity index (χ1v) is 26.7. The number of esters is 2. The lowest BCUT2D eigenvalue weighted by Gasteiger charge is -2.42. The number of carbonyl (C=O) groups is 2. The van der Waals surface area contributed by atoms with Crippen molar-refractivity contribution >= 4 is 11.9 Å². The summed E-state index contributed by atoms with van der Waals surface area (Å²) in [7, 11) is 0. The summed E-state index contributed by atoms with van der Waals surface area (Å²) >= 11 is 0. The fourth-order valence-corrected chi connectivity index (χ4v) is 8.25. The topological polar surface area (TPSA) is 231 Å². The third kappa shape index (κ3) is 28.0. The summed E-state index contributed by atoms with van der Waals surface area (Å²) in [6.45, 7) is 2.55. The SMILES string of the molecule is CCCCCC/C=C/CCCCCCCCCCCC(=O)O[C@H](COC(=O)CCCCCCCC=C=CCCCCCCC)CO[C@H]1O[C@@H](CO[C@H]2O[C@@H](CO)[C@@H](O)C(O)C2O)[C@@H](O)C(O)C1O. The van der Waals surface area contributed by atoms with Crippen LogP contribution in [0.25, 0.3) is 0 Å². The zero-order valence-electron chi connectivity index (χ0n) is 41.9. The first-order chi connectivity index (χ1) is 33.0. The number of hydrogen-bond acceptors (Lipinski definition) is 15. The lowest BCUT2D eigenvalue weighted by Crippen LogP contribution is -2.61. The van der Waals surface area contributed by atoms with Crippen molar-refractivity contribution < 1.29 is 73.8 Å². The van der Waals surface area contributed by atoms with Gasteiger partial charge >= 0.3 is 11.9 Å². The van der Waals surface area contributed by atoms with Crippen molar-refractivity contribution in [1.82, 2.24) is 0 Å². The zero-order chi connectivity index (χ0) is 49.6. The highest BCUT2D eigenvalue weighted by Crippen LogP contribution is 2.26. The molecule has 15 heteroatoms. The summed E-state index contributed by atoms with van der Waals surface area (Å²) in [6.07, 6.45) is 22.6. The Balaban J connectivity index is 1.81. The van der Waals surface area contributed by atoms with Gasteiger partial charge in [-0.25, -0.2) is 0 Å². The molecule has 2 saturated heterocycles. The van der Waals surface area contributed by atoms with Gasteiger partial charge in [0.05, 0.1) is 19.8 Å². The van der Waals surface area contributed by atoms with Gasteiger partial charge in [0, 0.05) is 12.8 Å². The molecule has 2 heterocycles. The van der Waals surface area contributed by atoms with Crippen molar-refractivity contribution in [1.29, 1.82) is 0 Å². The number of hydrogen-bond donors (Lipinski definition) is 7.